The van der Waals surface area contributed by atoms with E-state index >= 15 is 0 Å². The Bertz CT molecular complexity index is 256. The van der Waals surface area contributed by atoms with Crippen LogP contribution in [0.1, 0.15) is 64.2 Å². The first-order valence-electron chi connectivity index (χ1n) is 7.03. The lowest BCUT2D eigenvalue weighted by Crippen LogP contribution is -2.31. The topological polar surface area (TPSA) is 17.1 Å². The largest absolute Gasteiger partial charge is 0.303 e. The van der Waals surface area contributed by atoms with Crippen LogP contribution in [-0.4, -0.2) is 17.3 Å². The third-order valence-electron chi connectivity index (χ3n) is 3.73. The number of hydrogen-bond acceptors (Lipinski definition) is 2. The van der Waals surface area contributed by atoms with E-state index in [1.54, 1.807) is 0 Å². The summed E-state index contributed by atoms with van der Waals surface area (Å²) in [6.07, 6.45) is 10.3. The Morgan fingerprint density at radius 2 is 1.50 bits per heavy atom. The van der Waals surface area contributed by atoms with Crippen molar-refractivity contribution in [2.24, 2.45) is 5.92 Å². The third kappa shape index (κ3) is 5.25. The minimum Gasteiger partial charge on any atom is -0.299 e. The van der Waals surface area contributed by atoms with Crippen molar-refractivity contribution < 1.29 is 13.6 Å². The maximum absolute atomic E-state index is 13.8. The smallest absolute Gasteiger partial charge is 0.299 e. The molecule has 106 valence electrons. The van der Waals surface area contributed by atoms with E-state index in [4.69, 9.17) is 0 Å². The number of alkyl halides is 2. The van der Waals surface area contributed by atoms with Crippen LogP contribution in [0.25, 0.3) is 0 Å². The molecule has 18 heavy (non-hydrogen) atoms. The van der Waals surface area contributed by atoms with Crippen molar-refractivity contribution in [2.45, 2.75) is 69.5 Å². The summed E-state index contributed by atoms with van der Waals surface area (Å²) in [4.78, 5) is 11.9. The summed E-state index contributed by atoms with van der Waals surface area (Å²) in [5.41, 5.74) is 0. The number of thioether (sulfide) groups is 1. The van der Waals surface area contributed by atoms with Gasteiger partial charge in [-0.25, -0.2) is 0 Å². The van der Waals surface area contributed by atoms with Gasteiger partial charge in [-0.1, -0.05) is 56.7 Å². The summed E-state index contributed by atoms with van der Waals surface area (Å²) >= 11 is 0.521. The van der Waals surface area contributed by atoms with Crippen molar-refractivity contribution in [2.75, 3.05) is 6.26 Å². The molecule has 0 radical (unpaired) electrons. The molecule has 0 N–H and O–H groups in total. The molecule has 1 rings (SSSR count). The van der Waals surface area contributed by atoms with Gasteiger partial charge in [0, 0.05) is 6.42 Å². The molecule has 0 aliphatic heterocycles. The molecule has 1 aliphatic carbocycles. The number of ketones is 1. The lowest BCUT2D eigenvalue weighted by atomic mass is 9.92. The summed E-state index contributed by atoms with van der Waals surface area (Å²) in [6, 6.07) is 0. The summed E-state index contributed by atoms with van der Waals surface area (Å²) in [6.45, 7) is 0. The number of rotatable bonds is 2. The number of Topliss-reactive ketones (excluding diaryl/α,β-unsaturated/α-hetero) is 1. The van der Waals surface area contributed by atoms with E-state index in [9.17, 15) is 13.6 Å². The zero-order chi connectivity index (χ0) is 13.4. The fourth-order valence-electron chi connectivity index (χ4n) is 2.54. The van der Waals surface area contributed by atoms with Gasteiger partial charge in [-0.2, -0.15) is 8.78 Å². The Balaban J connectivity index is 2.60. The van der Waals surface area contributed by atoms with Gasteiger partial charge in [0.15, 0.2) is 0 Å². The normalized spacial score (nSPS) is 25.3. The molecular weight excluding hydrogens is 254 g/mol. The molecule has 1 atom stereocenters. The Kier molecular flexibility index (Phi) is 7.20. The average molecular weight is 278 g/mol. The first-order chi connectivity index (χ1) is 8.58. The molecular formula is C14H24F2OS. The second kappa shape index (κ2) is 8.13. The zero-order valence-corrected chi connectivity index (χ0v) is 12.0. The van der Waals surface area contributed by atoms with Crippen LogP contribution in [0.5, 0.6) is 0 Å². The van der Waals surface area contributed by atoms with E-state index in [2.05, 4.69) is 0 Å². The van der Waals surface area contributed by atoms with Crippen LogP contribution < -0.4 is 0 Å². The standard InChI is InChI=1S/C14H24F2OS/c1-18-14(15,16)12-10-8-6-4-2-3-5-7-9-11-13(12)17/h12H,2-11H2,1H3. The van der Waals surface area contributed by atoms with Crippen molar-refractivity contribution in [3.63, 3.8) is 0 Å². The van der Waals surface area contributed by atoms with Crippen molar-refractivity contribution in [1.82, 2.24) is 0 Å². The highest BCUT2D eigenvalue weighted by molar-refractivity contribution is 7.99. The average Bonchev–Trinajstić information content (AvgIpc) is 2.33. The molecule has 1 fully saturated rings. The molecule has 0 aromatic carbocycles. The predicted molar refractivity (Wildman–Crippen MR) is 73.1 cm³/mol. The molecule has 0 saturated heterocycles. The fourth-order valence-corrected chi connectivity index (χ4v) is 3.08. The molecule has 4 heteroatoms. The van der Waals surface area contributed by atoms with E-state index in [1.807, 2.05) is 0 Å². The highest BCUT2D eigenvalue weighted by atomic mass is 32.2. The second-order valence-corrected chi connectivity index (χ2v) is 6.10. The molecule has 0 aromatic rings. The van der Waals surface area contributed by atoms with Gasteiger partial charge in [0.05, 0.1) is 5.92 Å². The van der Waals surface area contributed by atoms with Gasteiger partial charge in [0.2, 0.25) is 0 Å². The third-order valence-corrected chi connectivity index (χ3v) is 4.56. The van der Waals surface area contributed by atoms with Crippen LogP contribution in [0.2, 0.25) is 0 Å². The van der Waals surface area contributed by atoms with Crippen molar-refractivity contribution >= 4 is 17.5 Å². The quantitative estimate of drug-likeness (QED) is 0.703. The van der Waals surface area contributed by atoms with E-state index in [0.717, 1.165) is 38.5 Å². The molecule has 0 aromatic heterocycles. The molecule has 1 nitrogen and oxygen atoms in total. The SMILES string of the molecule is CSC(F)(F)C1CCCCCCCCCCC1=O. The Morgan fingerprint density at radius 1 is 1.00 bits per heavy atom. The summed E-state index contributed by atoms with van der Waals surface area (Å²) < 4.78 is 27.5. The molecule has 0 bridgehead atoms. The van der Waals surface area contributed by atoms with Crippen LogP contribution >= 0.6 is 11.8 Å². The minimum absolute atomic E-state index is 0.227. The van der Waals surface area contributed by atoms with E-state index in [0.29, 0.717) is 24.6 Å². The highest BCUT2D eigenvalue weighted by Crippen LogP contribution is 2.39. The van der Waals surface area contributed by atoms with Gasteiger partial charge in [0.1, 0.15) is 5.78 Å². The van der Waals surface area contributed by atoms with Gasteiger partial charge >= 0.3 is 5.25 Å². The van der Waals surface area contributed by atoms with Gasteiger partial charge in [0.25, 0.3) is 0 Å². The highest BCUT2D eigenvalue weighted by Gasteiger charge is 2.42. The van der Waals surface area contributed by atoms with Gasteiger partial charge in [-0.05, 0) is 19.1 Å². The minimum atomic E-state index is -2.89. The van der Waals surface area contributed by atoms with Crippen LogP contribution in [0.4, 0.5) is 8.78 Å². The maximum atomic E-state index is 13.8. The van der Waals surface area contributed by atoms with Crippen LogP contribution in [0.3, 0.4) is 0 Å². The van der Waals surface area contributed by atoms with Crippen molar-refractivity contribution in [3.8, 4) is 0 Å². The Morgan fingerprint density at radius 3 is 2.06 bits per heavy atom. The molecule has 1 aliphatic rings. The maximum Gasteiger partial charge on any atom is 0.303 e. The lowest BCUT2D eigenvalue weighted by molar-refractivity contribution is -0.129. The molecule has 0 heterocycles. The van der Waals surface area contributed by atoms with Gasteiger partial charge in [-0.3, -0.25) is 4.79 Å². The predicted octanol–water partition coefficient (Wildman–Crippen LogP) is 5.04. The summed E-state index contributed by atoms with van der Waals surface area (Å²) in [7, 11) is 0. The second-order valence-electron chi connectivity index (χ2n) is 5.15. The fraction of sp³-hybridized carbons (Fsp3) is 0.929. The summed E-state index contributed by atoms with van der Waals surface area (Å²) in [5.74, 6) is -1.29. The van der Waals surface area contributed by atoms with Crippen LogP contribution in [0.15, 0.2) is 0 Å². The monoisotopic (exact) mass is 278 g/mol. The van der Waals surface area contributed by atoms with Crippen molar-refractivity contribution in [1.29, 1.82) is 0 Å². The number of hydrogen-bond donors (Lipinski definition) is 0. The molecule has 1 unspecified atom stereocenters. The van der Waals surface area contributed by atoms with Crippen molar-refractivity contribution in [3.05, 3.63) is 0 Å². The van der Waals surface area contributed by atoms with E-state index in [1.165, 1.54) is 19.1 Å². The number of carbonyl (C=O) groups is 1. The van der Waals surface area contributed by atoms with Gasteiger partial charge < -0.3 is 0 Å². The number of halogens is 2. The summed E-state index contributed by atoms with van der Waals surface area (Å²) in [5, 5.41) is -2.89. The lowest BCUT2D eigenvalue weighted by Gasteiger charge is -2.24. The number of carbonyl (C=O) groups excluding carboxylic acids is 1. The molecule has 0 spiro atoms. The van der Waals surface area contributed by atoms with E-state index < -0.39 is 11.2 Å². The van der Waals surface area contributed by atoms with Gasteiger partial charge in [-0.15, -0.1) is 0 Å². The van der Waals surface area contributed by atoms with Crippen LogP contribution in [-0.2, 0) is 4.79 Å². The Hall–Kier alpha value is -0.120. The zero-order valence-electron chi connectivity index (χ0n) is 11.2. The first kappa shape index (κ1) is 15.9. The molecule has 1 saturated carbocycles. The first-order valence-corrected chi connectivity index (χ1v) is 8.26. The van der Waals surface area contributed by atoms with E-state index in [-0.39, 0.29) is 5.78 Å². The van der Waals surface area contributed by atoms with Crippen LogP contribution in [0, 0.1) is 5.92 Å². The molecule has 0 amide bonds. The Labute approximate surface area is 113 Å².